The van der Waals surface area contributed by atoms with E-state index in [1.54, 1.807) is 0 Å². The molecule has 0 aromatic rings. The molecule has 0 aliphatic heterocycles. The van der Waals surface area contributed by atoms with Crippen LogP contribution in [0, 0.1) is 10.8 Å². The summed E-state index contributed by atoms with van der Waals surface area (Å²) < 4.78 is 11.0. The zero-order valence-corrected chi connectivity index (χ0v) is 18.9. The number of ether oxygens (including phenoxy) is 2. The van der Waals surface area contributed by atoms with Crippen LogP contribution in [0.25, 0.3) is 0 Å². The molecule has 0 aliphatic carbocycles. The van der Waals surface area contributed by atoms with Crippen molar-refractivity contribution < 1.29 is 14.3 Å². The Balaban J connectivity index is 3.27. The molecule has 0 fully saturated rings. The molecule has 0 rings (SSSR count). The van der Waals surface area contributed by atoms with Crippen LogP contribution >= 0.6 is 11.8 Å². The Morgan fingerprint density at radius 3 is 2.12 bits per heavy atom. The number of unbranched alkanes of at least 4 members (excludes halogenated alkanes) is 2. The Morgan fingerprint density at radius 1 is 0.846 bits per heavy atom. The zero-order valence-electron chi connectivity index (χ0n) is 18.1. The molecule has 0 radical (unpaired) electrons. The second kappa shape index (κ2) is 14.8. The molecule has 1 amide bonds. The molecule has 26 heavy (non-hydrogen) atoms. The lowest BCUT2D eigenvalue weighted by Crippen LogP contribution is -2.27. The molecule has 0 saturated carbocycles. The molecular weight excluding hydrogens is 346 g/mol. The van der Waals surface area contributed by atoms with Gasteiger partial charge in [-0.2, -0.15) is 11.8 Å². The third-order valence-electron chi connectivity index (χ3n) is 3.66. The van der Waals surface area contributed by atoms with Crippen LogP contribution < -0.4 is 5.32 Å². The van der Waals surface area contributed by atoms with E-state index in [0.717, 1.165) is 25.9 Å². The Bertz CT molecular complexity index is 348. The van der Waals surface area contributed by atoms with Gasteiger partial charge >= 0.3 is 0 Å². The summed E-state index contributed by atoms with van der Waals surface area (Å²) in [6, 6.07) is 0. The third kappa shape index (κ3) is 21.8. The number of hydrogen-bond acceptors (Lipinski definition) is 4. The van der Waals surface area contributed by atoms with E-state index in [0.29, 0.717) is 43.6 Å². The lowest BCUT2D eigenvalue weighted by molar-refractivity contribution is -0.121. The van der Waals surface area contributed by atoms with Gasteiger partial charge in [0.1, 0.15) is 0 Å². The van der Waals surface area contributed by atoms with E-state index in [1.807, 2.05) is 11.8 Å². The highest BCUT2D eigenvalue weighted by Gasteiger charge is 2.10. The quantitative estimate of drug-likeness (QED) is 0.404. The number of thioether (sulfide) groups is 1. The van der Waals surface area contributed by atoms with Gasteiger partial charge in [-0.1, -0.05) is 48.0 Å². The SMILES string of the molecule is CC(C)(C)CCOCCOCCNC(=O)CCCCCSCC(C)(C)C. The number of hydrogen-bond donors (Lipinski definition) is 1. The fourth-order valence-corrected chi connectivity index (χ4v) is 3.26. The molecular formula is C21H43NO3S. The molecule has 0 heterocycles. The van der Waals surface area contributed by atoms with E-state index in [2.05, 4.69) is 46.9 Å². The predicted octanol–water partition coefficient (Wildman–Crippen LogP) is 4.91. The smallest absolute Gasteiger partial charge is 0.220 e. The molecule has 0 aliphatic rings. The van der Waals surface area contributed by atoms with Gasteiger partial charge in [-0.05, 0) is 41.6 Å². The van der Waals surface area contributed by atoms with Crippen LogP contribution in [0.1, 0.15) is 73.6 Å². The van der Waals surface area contributed by atoms with Crippen molar-refractivity contribution in [2.45, 2.75) is 73.6 Å². The van der Waals surface area contributed by atoms with Crippen LogP contribution in [0.15, 0.2) is 0 Å². The number of amides is 1. The maximum Gasteiger partial charge on any atom is 0.220 e. The van der Waals surface area contributed by atoms with E-state index in [1.165, 1.54) is 17.9 Å². The van der Waals surface area contributed by atoms with Gasteiger partial charge < -0.3 is 14.8 Å². The van der Waals surface area contributed by atoms with Gasteiger partial charge in [-0.3, -0.25) is 4.79 Å². The van der Waals surface area contributed by atoms with Crippen molar-refractivity contribution in [2.24, 2.45) is 10.8 Å². The normalized spacial score (nSPS) is 12.4. The van der Waals surface area contributed by atoms with Crippen molar-refractivity contribution in [1.29, 1.82) is 0 Å². The van der Waals surface area contributed by atoms with Gasteiger partial charge in [-0.15, -0.1) is 0 Å². The third-order valence-corrected chi connectivity index (χ3v) is 5.31. The second-order valence-corrected chi connectivity index (χ2v) is 10.4. The average Bonchev–Trinajstić information content (AvgIpc) is 2.50. The van der Waals surface area contributed by atoms with Crippen molar-refractivity contribution in [3.63, 3.8) is 0 Å². The van der Waals surface area contributed by atoms with E-state index in [-0.39, 0.29) is 5.91 Å². The predicted molar refractivity (Wildman–Crippen MR) is 114 cm³/mol. The maximum absolute atomic E-state index is 11.7. The summed E-state index contributed by atoms with van der Waals surface area (Å²) >= 11 is 2.02. The van der Waals surface area contributed by atoms with Crippen LogP contribution in [0.2, 0.25) is 0 Å². The van der Waals surface area contributed by atoms with Crippen molar-refractivity contribution in [2.75, 3.05) is 44.5 Å². The van der Waals surface area contributed by atoms with Crippen LogP contribution in [-0.2, 0) is 14.3 Å². The summed E-state index contributed by atoms with van der Waals surface area (Å²) in [4.78, 5) is 11.7. The molecule has 0 aromatic heterocycles. The van der Waals surface area contributed by atoms with Crippen molar-refractivity contribution in [1.82, 2.24) is 5.32 Å². The largest absolute Gasteiger partial charge is 0.379 e. The molecule has 0 unspecified atom stereocenters. The highest BCUT2D eigenvalue weighted by atomic mass is 32.2. The fourth-order valence-electron chi connectivity index (χ4n) is 2.10. The molecule has 5 heteroatoms. The summed E-state index contributed by atoms with van der Waals surface area (Å²) in [7, 11) is 0. The number of rotatable bonds is 15. The molecule has 156 valence electrons. The van der Waals surface area contributed by atoms with Crippen molar-refractivity contribution in [3.05, 3.63) is 0 Å². The topological polar surface area (TPSA) is 47.6 Å². The number of nitrogens with one attached hydrogen (secondary N) is 1. The van der Waals surface area contributed by atoms with Gasteiger partial charge in [0.05, 0.1) is 19.8 Å². The minimum absolute atomic E-state index is 0.136. The van der Waals surface area contributed by atoms with Gasteiger partial charge in [0.25, 0.3) is 0 Å². The summed E-state index contributed by atoms with van der Waals surface area (Å²) in [6.45, 7) is 16.6. The van der Waals surface area contributed by atoms with Crippen LogP contribution in [0.3, 0.4) is 0 Å². The molecule has 1 N–H and O–H groups in total. The molecule has 0 aromatic carbocycles. The maximum atomic E-state index is 11.7. The Labute approximate surface area is 166 Å². The summed E-state index contributed by atoms with van der Waals surface area (Å²) in [5, 5.41) is 2.92. The molecule has 0 bridgehead atoms. The summed E-state index contributed by atoms with van der Waals surface area (Å²) in [5.41, 5.74) is 0.724. The lowest BCUT2D eigenvalue weighted by atomic mass is 9.93. The van der Waals surface area contributed by atoms with E-state index in [9.17, 15) is 4.79 Å². The number of carbonyl (C=O) groups excluding carboxylic acids is 1. The monoisotopic (exact) mass is 389 g/mol. The summed E-state index contributed by atoms with van der Waals surface area (Å²) in [6.07, 6.45) is 4.99. The molecule has 0 spiro atoms. The molecule has 4 nitrogen and oxygen atoms in total. The van der Waals surface area contributed by atoms with E-state index >= 15 is 0 Å². The Kier molecular flexibility index (Phi) is 14.6. The zero-order chi connectivity index (χ0) is 19.9. The fraction of sp³-hybridized carbons (Fsp3) is 0.952. The molecule has 0 atom stereocenters. The minimum Gasteiger partial charge on any atom is -0.379 e. The van der Waals surface area contributed by atoms with Gasteiger partial charge in [-0.25, -0.2) is 0 Å². The first kappa shape index (κ1) is 25.7. The standard InChI is InChI=1S/C21H43NO3S/c1-20(2,3)11-13-24-15-16-25-14-12-22-19(23)10-8-7-9-17-26-18-21(4,5)6/h7-18H2,1-6H3,(H,22,23). The first-order valence-corrected chi connectivity index (χ1v) is 11.3. The Morgan fingerprint density at radius 2 is 1.50 bits per heavy atom. The number of carbonyl (C=O) groups is 1. The van der Waals surface area contributed by atoms with Crippen molar-refractivity contribution >= 4 is 17.7 Å². The van der Waals surface area contributed by atoms with E-state index in [4.69, 9.17) is 9.47 Å². The van der Waals surface area contributed by atoms with Crippen LogP contribution in [0.5, 0.6) is 0 Å². The average molecular weight is 390 g/mol. The minimum atomic E-state index is 0.136. The van der Waals surface area contributed by atoms with Crippen LogP contribution in [0.4, 0.5) is 0 Å². The van der Waals surface area contributed by atoms with Gasteiger partial charge in [0.15, 0.2) is 0 Å². The van der Waals surface area contributed by atoms with Gasteiger partial charge in [0, 0.05) is 19.6 Å². The first-order valence-electron chi connectivity index (χ1n) is 10.1. The van der Waals surface area contributed by atoms with Crippen molar-refractivity contribution in [3.8, 4) is 0 Å². The lowest BCUT2D eigenvalue weighted by Gasteiger charge is -2.17. The Hall–Kier alpha value is -0.260. The summed E-state index contributed by atoms with van der Waals surface area (Å²) in [5.74, 6) is 2.54. The molecule has 0 saturated heterocycles. The van der Waals surface area contributed by atoms with E-state index < -0.39 is 0 Å². The highest BCUT2D eigenvalue weighted by Crippen LogP contribution is 2.21. The van der Waals surface area contributed by atoms with Crippen LogP contribution in [-0.4, -0.2) is 50.4 Å². The second-order valence-electron chi connectivity index (χ2n) is 9.31. The first-order chi connectivity index (χ1) is 12.1. The highest BCUT2D eigenvalue weighted by molar-refractivity contribution is 7.99. The van der Waals surface area contributed by atoms with Gasteiger partial charge in [0.2, 0.25) is 5.91 Å².